The second-order valence-electron chi connectivity index (χ2n) is 2.43. The number of likely N-dealkylation sites (N-methyl/N-ethyl adjacent to an activating group) is 1. The van der Waals surface area contributed by atoms with Gasteiger partial charge in [0.25, 0.3) is 0 Å². The largest absolute Gasteiger partial charge is 0.383 e. The molecule has 0 saturated carbocycles. The number of nitrogens with zero attached hydrogens (tertiary/aromatic N) is 1. The first kappa shape index (κ1) is 10.8. The van der Waals surface area contributed by atoms with Crippen LogP contribution in [-0.4, -0.2) is 43.4 Å². The number of carbonyl (C=O) groups is 1. The third kappa shape index (κ3) is 4.27. The maximum atomic E-state index is 11.1. The van der Waals surface area contributed by atoms with Crippen LogP contribution >= 0.6 is 12.6 Å². The summed E-state index contributed by atoms with van der Waals surface area (Å²) in [5, 5.41) is -0.225. The minimum Gasteiger partial charge on any atom is -0.383 e. The van der Waals surface area contributed by atoms with E-state index in [4.69, 9.17) is 4.74 Å². The standard InChI is InChI=1S/C7H15NO2S/c1-6(11)7(9)8(2)4-5-10-3/h6,11H,4-5H2,1-3H3. The monoisotopic (exact) mass is 177 g/mol. The first-order valence-electron chi connectivity index (χ1n) is 3.51. The van der Waals surface area contributed by atoms with E-state index in [0.717, 1.165) is 0 Å². The van der Waals surface area contributed by atoms with Crippen LogP contribution in [0.3, 0.4) is 0 Å². The molecule has 0 aliphatic heterocycles. The highest BCUT2D eigenvalue weighted by atomic mass is 32.1. The topological polar surface area (TPSA) is 29.5 Å². The molecular formula is C7H15NO2S. The van der Waals surface area contributed by atoms with Gasteiger partial charge in [-0.3, -0.25) is 4.79 Å². The first-order chi connectivity index (χ1) is 5.09. The molecule has 1 unspecified atom stereocenters. The summed E-state index contributed by atoms with van der Waals surface area (Å²) in [4.78, 5) is 12.8. The molecule has 0 aliphatic carbocycles. The molecule has 0 aromatic heterocycles. The number of methoxy groups -OCH3 is 1. The van der Waals surface area contributed by atoms with Crippen LogP contribution in [0.5, 0.6) is 0 Å². The fourth-order valence-corrected chi connectivity index (χ4v) is 0.854. The summed E-state index contributed by atoms with van der Waals surface area (Å²) in [5.41, 5.74) is 0. The number of carbonyl (C=O) groups excluding carboxylic acids is 1. The van der Waals surface area contributed by atoms with Gasteiger partial charge in [0.1, 0.15) is 0 Å². The number of ether oxygens (including phenoxy) is 1. The van der Waals surface area contributed by atoms with Crippen molar-refractivity contribution in [3.8, 4) is 0 Å². The summed E-state index contributed by atoms with van der Waals surface area (Å²) in [7, 11) is 3.36. The van der Waals surface area contributed by atoms with E-state index in [1.807, 2.05) is 0 Å². The van der Waals surface area contributed by atoms with Crippen molar-refractivity contribution in [2.75, 3.05) is 27.3 Å². The van der Waals surface area contributed by atoms with Crippen molar-refractivity contribution in [2.45, 2.75) is 12.2 Å². The van der Waals surface area contributed by atoms with E-state index >= 15 is 0 Å². The fourth-order valence-electron chi connectivity index (χ4n) is 0.657. The summed E-state index contributed by atoms with van der Waals surface area (Å²) in [6, 6.07) is 0. The van der Waals surface area contributed by atoms with Gasteiger partial charge in [-0.05, 0) is 6.92 Å². The van der Waals surface area contributed by atoms with E-state index in [1.54, 1.807) is 26.0 Å². The van der Waals surface area contributed by atoms with Gasteiger partial charge in [-0.25, -0.2) is 0 Å². The molecule has 3 nitrogen and oxygen atoms in total. The van der Waals surface area contributed by atoms with Gasteiger partial charge < -0.3 is 9.64 Å². The van der Waals surface area contributed by atoms with Gasteiger partial charge >= 0.3 is 0 Å². The molecule has 0 spiro atoms. The van der Waals surface area contributed by atoms with Crippen LogP contribution in [0.4, 0.5) is 0 Å². The maximum Gasteiger partial charge on any atom is 0.234 e. The van der Waals surface area contributed by atoms with E-state index in [9.17, 15) is 4.79 Å². The molecule has 0 rings (SSSR count). The second kappa shape index (κ2) is 5.43. The third-order valence-electron chi connectivity index (χ3n) is 1.36. The number of rotatable bonds is 4. The molecule has 1 atom stereocenters. The maximum absolute atomic E-state index is 11.1. The van der Waals surface area contributed by atoms with Crippen molar-refractivity contribution >= 4 is 18.5 Å². The number of thiol groups is 1. The lowest BCUT2D eigenvalue weighted by Crippen LogP contribution is -2.34. The van der Waals surface area contributed by atoms with Crippen molar-refractivity contribution < 1.29 is 9.53 Å². The molecule has 0 aromatic rings. The summed E-state index contributed by atoms with van der Waals surface area (Å²) in [5.74, 6) is 0.0328. The summed E-state index contributed by atoms with van der Waals surface area (Å²) in [6.07, 6.45) is 0. The first-order valence-corrected chi connectivity index (χ1v) is 4.03. The van der Waals surface area contributed by atoms with Crippen LogP contribution in [0.25, 0.3) is 0 Å². The van der Waals surface area contributed by atoms with Crippen LogP contribution < -0.4 is 0 Å². The Bertz CT molecular complexity index is 128. The predicted molar refractivity (Wildman–Crippen MR) is 48.0 cm³/mol. The molecule has 66 valence electrons. The third-order valence-corrected chi connectivity index (χ3v) is 1.59. The Morgan fingerprint density at radius 3 is 2.64 bits per heavy atom. The molecule has 0 aliphatic rings. The van der Waals surface area contributed by atoms with Crippen molar-refractivity contribution in [1.82, 2.24) is 4.90 Å². The molecule has 0 radical (unpaired) electrons. The Morgan fingerprint density at radius 2 is 2.27 bits per heavy atom. The molecule has 0 saturated heterocycles. The van der Waals surface area contributed by atoms with Crippen LogP contribution in [0.2, 0.25) is 0 Å². The Morgan fingerprint density at radius 1 is 1.73 bits per heavy atom. The minimum absolute atomic E-state index is 0.0328. The van der Waals surface area contributed by atoms with Gasteiger partial charge in [0.2, 0.25) is 5.91 Å². The van der Waals surface area contributed by atoms with Crippen molar-refractivity contribution in [3.63, 3.8) is 0 Å². The minimum atomic E-state index is -0.225. The van der Waals surface area contributed by atoms with Crippen molar-refractivity contribution in [3.05, 3.63) is 0 Å². The predicted octanol–water partition coefficient (Wildman–Crippen LogP) is 0.410. The average molecular weight is 177 g/mol. The summed E-state index contributed by atoms with van der Waals surface area (Å²) < 4.78 is 4.82. The van der Waals surface area contributed by atoms with Gasteiger partial charge in [0, 0.05) is 20.7 Å². The van der Waals surface area contributed by atoms with E-state index in [1.165, 1.54) is 0 Å². The SMILES string of the molecule is COCCN(C)C(=O)C(C)S. The van der Waals surface area contributed by atoms with E-state index in [2.05, 4.69) is 12.6 Å². The van der Waals surface area contributed by atoms with Gasteiger partial charge in [-0.15, -0.1) is 0 Å². The molecule has 0 fully saturated rings. The van der Waals surface area contributed by atoms with Crippen LogP contribution in [-0.2, 0) is 9.53 Å². The average Bonchev–Trinajstić information content (AvgIpc) is 1.98. The lowest BCUT2D eigenvalue weighted by atomic mass is 10.4. The summed E-state index contributed by atoms with van der Waals surface area (Å²) in [6.45, 7) is 2.96. The van der Waals surface area contributed by atoms with Gasteiger partial charge in [-0.2, -0.15) is 12.6 Å². The van der Waals surface area contributed by atoms with Gasteiger partial charge in [0.05, 0.1) is 11.9 Å². The fraction of sp³-hybridized carbons (Fsp3) is 0.857. The Kier molecular flexibility index (Phi) is 5.32. The van der Waals surface area contributed by atoms with Crippen LogP contribution in [0.15, 0.2) is 0 Å². The molecule has 0 heterocycles. The Hall–Kier alpha value is -0.220. The normalized spacial score (nSPS) is 12.7. The van der Waals surface area contributed by atoms with Crippen molar-refractivity contribution in [2.24, 2.45) is 0 Å². The quantitative estimate of drug-likeness (QED) is 0.630. The zero-order chi connectivity index (χ0) is 8.85. The Balaban J connectivity index is 3.64. The smallest absolute Gasteiger partial charge is 0.234 e. The second-order valence-corrected chi connectivity index (χ2v) is 3.20. The molecule has 4 heteroatoms. The molecule has 0 N–H and O–H groups in total. The van der Waals surface area contributed by atoms with E-state index in [0.29, 0.717) is 13.2 Å². The number of amides is 1. The highest BCUT2D eigenvalue weighted by molar-refractivity contribution is 7.81. The zero-order valence-corrected chi connectivity index (χ0v) is 8.10. The lowest BCUT2D eigenvalue weighted by Gasteiger charge is -2.17. The molecule has 1 amide bonds. The van der Waals surface area contributed by atoms with Crippen molar-refractivity contribution in [1.29, 1.82) is 0 Å². The van der Waals surface area contributed by atoms with Gasteiger partial charge in [0.15, 0.2) is 0 Å². The summed E-state index contributed by atoms with van der Waals surface area (Å²) >= 11 is 4.02. The number of hydrogen-bond donors (Lipinski definition) is 1. The molecule has 0 bridgehead atoms. The highest BCUT2D eigenvalue weighted by Gasteiger charge is 2.12. The Labute approximate surface area is 73.1 Å². The molecular weight excluding hydrogens is 162 g/mol. The highest BCUT2D eigenvalue weighted by Crippen LogP contribution is 1.97. The number of hydrogen-bond acceptors (Lipinski definition) is 3. The lowest BCUT2D eigenvalue weighted by molar-refractivity contribution is -0.129. The van der Waals surface area contributed by atoms with Crippen LogP contribution in [0.1, 0.15) is 6.92 Å². The van der Waals surface area contributed by atoms with E-state index < -0.39 is 0 Å². The van der Waals surface area contributed by atoms with Gasteiger partial charge in [-0.1, -0.05) is 0 Å². The molecule has 11 heavy (non-hydrogen) atoms. The van der Waals surface area contributed by atoms with Crippen LogP contribution in [0, 0.1) is 0 Å². The molecule has 0 aromatic carbocycles. The zero-order valence-electron chi connectivity index (χ0n) is 7.20. The van der Waals surface area contributed by atoms with E-state index in [-0.39, 0.29) is 11.2 Å².